The average Bonchev–Trinajstić information content (AvgIpc) is 2.82. The molecule has 1 amide bonds. The summed E-state index contributed by atoms with van der Waals surface area (Å²) in [4.78, 5) is 11.2. The highest BCUT2D eigenvalue weighted by Gasteiger charge is 2.39. The fourth-order valence-electron chi connectivity index (χ4n) is 1.18. The first kappa shape index (κ1) is 10.5. The van der Waals surface area contributed by atoms with Crippen LogP contribution < -0.4 is 11.1 Å². The second-order valence-electron chi connectivity index (χ2n) is 3.35. The van der Waals surface area contributed by atoms with Crippen LogP contribution in [-0.2, 0) is 9.53 Å². The quantitative estimate of drug-likeness (QED) is 0.568. The van der Waals surface area contributed by atoms with Gasteiger partial charge in [-0.3, -0.25) is 4.79 Å². The molecule has 1 rings (SSSR count). The first-order chi connectivity index (χ1) is 6.25. The van der Waals surface area contributed by atoms with Gasteiger partial charge in [0, 0.05) is 25.8 Å². The molecular formula is C9H18N2O2. The van der Waals surface area contributed by atoms with Crippen LogP contribution in [0.25, 0.3) is 0 Å². The van der Waals surface area contributed by atoms with Crippen molar-refractivity contribution in [2.75, 3.05) is 19.8 Å². The van der Waals surface area contributed by atoms with Gasteiger partial charge in [0.25, 0.3) is 0 Å². The van der Waals surface area contributed by atoms with Gasteiger partial charge in [0.1, 0.15) is 0 Å². The Morgan fingerprint density at radius 3 is 2.92 bits per heavy atom. The van der Waals surface area contributed by atoms with Crippen LogP contribution in [0.2, 0.25) is 0 Å². The Morgan fingerprint density at radius 1 is 1.69 bits per heavy atom. The molecule has 0 saturated heterocycles. The van der Waals surface area contributed by atoms with Gasteiger partial charge in [0.15, 0.2) is 0 Å². The molecule has 0 radical (unpaired) electrons. The van der Waals surface area contributed by atoms with Gasteiger partial charge in [-0.2, -0.15) is 0 Å². The fourth-order valence-corrected chi connectivity index (χ4v) is 1.18. The summed E-state index contributed by atoms with van der Waals surface area (Å²) in [7, 11) is 0. The van der Waals surface area contributed by atoms with Gasteiger partial charge >= 0.3 is 0 Å². The summed E-state index contributed by atoms with van der Waals surface area (Å²) >= 11 is 0. The average molecular weight is 186 g/mol. The summed E-state index contributed by atoms with van der Waals surface area (Å²) in [5.41, 5.74) is 5.53. The lowest BCUT2D eigenvalue weighted by Gasteiger charge is -2.03. The van der Waals surface area contributed by atoms with Crippen molar-refractivity contribution in [3.05, 3.63) is 0 Å². The minimum Gasteiger partial charge on any atom is -0.382 e. The molecule has 0 spiro atoms. The van der Waals surface area contributed by atoms with Crippen molar-refractivity contribution in [2.45, 2.75) is 25.8 Å². The van der Waals surface area contributed by atoms with E-state index in [1.54, 1.807) is 0 Å². The molecule has 3 N–H and O–H groups in total. The first-order valence-corrected chi connectivity index (χ1v) is 4.86. The molecule has 0 aromatic carbocycles. The molecule has 0 heterocycles. The molecule has 4 heteroatoms. The van der Waals surface area contributed by atoms with Crippen LogP contribution in [-0.4, -0.2) is 31.7 Å². The summed E-state index contributed by atoms with van der Waals surface area (Å²) in [5.74, 6) is 0.177. The number of carbonyl (C=O) groups is 1. The van der Waals surface area contributed by atoms with Crippen LogP contribution in [0.5, 0.6) is 0 Å². The van der Waals surface area contributed by atoms with Crippen LogP contribution >= 0.6 is 0 Å². The Morgan fingerprint density at radius 2 is 2.38 bits per heavy atom. The number of hydrogen-bond acceptors (Lipinski definition) is 3. The zero-order valence-corrected chi connectivity index (χ0v) is 8.08. The number of rotatable bonds is 6. The normalized spacial score (nSPS) is 25.7. The third-order valence-electron chi connectivity index (χ3n) is 2.15. The Labute approximate surface area is 78.8 Å². The molecule has 76 valence electrons. The van der Waals surface area contributed by atoms with Gasteiger partial charge in [0.05, 0.1) is 5.92 Å². The van der Waals surface area contributed by atoms with E-state index in [9.17, 15) is 4.79 Å². The molecule has 1 fully saturated rings. The van der Waals surface area contributed by atoms with Gasteiger partial charge in [-0.05, 0) is 19.8 Å². The van der Waals surface area contributed by atoms with Crippen LogP contribution in [0.15, 0.2) is 0 Å². The fraction of sp³-hybridized carbons (Fsp3) is 0.889. The van der Waals surface area contributed by atoms with Crippen molar-refractivity contribution in [1.29, 1.82) is 0 Å². The van der Waals surface area contributed by atoms with Gasteiger partial charge < -0.3 is 15.8 Å². The highest BCUT2D eigenvalue weighted by molar-refractivity contribution is 5.82. The highest BCUT2D eigenvalue weighted by atomic mass is 16.5. The van der Waals surface area contributed by atoms with Gasteiger partial charge in [-0.15, -0.1) is 0 Å². The topological polar surface area (TPSA) is 64.3 Å². The number of ether oxygens (including phenoxy) is 1. The molecule has 0 bridgehead atoms. The van der Waals surface area contributed by atoms with Gasteiger partial charge in [-0.1, -0.05) is 0 Å². The summed E-state index contributed by atoms with van der Waals surface area (Å²) in [5, 5.41) is 2.83. The van der Waals surface area contributed by atoms with Crippen molar-refractivity contribution < 1.29 is 9.53 Å². The monoisotopic (exact) mass is 186 g/mol. The second-order valence-corrected chi connectivity index (χ2v) is 3.35. The number of carbonyl (C=O) groups excluding carboxylic acids is 1. The maximum Gasteiger partial charge on any atom is 0.224 e. The lowest BCUT2D eigenvalue weighted by Crippen LogP contribution is -2.28. The molecule has 2 unspecified atom stereocenters. The van der Waals surface area contributed by atoms with Crippen LogP contribution in [0.4, 0.5) is 0 Å². The minimum atomic E-state index is 0.0760. The molecule has 0 aromatic heterocycles. The molecule has 0 aliphatic heterocycles. The third-order valence-corrected chi connectivity index (χ3v) is 2.15. The molecule has 1 aliphatic carbocycles. The summed E-state index contributed by atoms with van der Waals surface area (Å²) in [6, 6.07) is 0.104. The van der Waals surface area contributed by atoms with Crippen LogP contribution in [0, 0.1) is 5.92 Å². The molecule has 1 saturated carbocycles. The van der Waals surface area contributed by atoms with E-state index in [1.807, 2.05) is 6.92 Å². The number of nitrogens with two attached hydrogens (primary N) is 1. The molecule has 0 aromatic rings. The first-order valence-electron chi connectivity index (χ1n) is 4.86. The standard InChI is InChI=1S/C9H18N2O2/c1-2-13-5-3-4-11-9(12)7-6-8(7)10/h7-8H,2-6,10H2,1H3,(H,11,12). The smallest absolute Gasteiger partial charge is 0.224 e. The van der Waals surface area contributed by atoms with Gasteiger partial charge in [0.2, 0.25) is 5.91 Å². The van der Waals surface area contributed by atoms with E-state index in [-0.39, 0.29) is 17.9 Å². The molecule has 4 nitrogen and oxygen atoms in total. The Kier molecular flexibility index (Phi) is 4.18. The van der Waals surface area contributed by atoms with Gasteiger partial charge in [-0.25, -0.2) is 0 Å². The largest absolute Gasteiger partial charge is 0.382 e. The minimum absolute atomic E-state index is 0.0760. The van der Waals surface area contributed by atoms with E-state index in [0.717, 1.165) is 19.4 Å². The molecule has 13 heavy (non-hydrogen) atoms. The predicted molar refractivity (Wildman–Crippen MR) is 50.2 cm³/mol. The Bertz CT molecular complexity index is 173. The maximum atomic E-state index is 11.2. The number of amides is 1. The van der Waals surface area contributed by atoms with Crippen molar-refractivity contribution in [2.24, 2.45) is 11.7 Å². The maximum absolute atomic E-state index is 11.2. The number of hydrogen-bond donors (Lipinski definition) is 2. The van der Waals surface area contributed by atoms with E-state index >= 15 is 0 Å². The SMILES string of the molecule is CCOCCCNC(=O)C1CC1N. The summed E-state index contributed by atoms with van der Waals surface area (Å²) < 4.78 is 5.14. The van der Waals surface area contributed by atoms with Crippen LogP contribution in [0.1, 0.15) is 19.8 Å². The zero-order chi connectivity index (χ0) is 9.68. The van der Waals surface area contributed by atoms with E-state index < -0.39 is 0 Å². The second kappa shape index (κ2) is 5.19. The van der Waals surface area contributed by atoms with Crippen molar-refractivity contribution >= 4 is 5.91 Å². The Hall–Kier alpha value is -0.610. The molecular weight excluding hydrogens is 168 g/mol. The van der Waals surface area contributed by atoms with E-state index in [0.29, 0.717) is 13.2 Å². The highest BCUT2D eigenvalue weighted by Crippen LogP contribution is 2.27. The van der Waals surface area contributed by atoms with E-state index in [4.69, 9.17) is 10.5 Å². The Balaban J connectivity index is 1.91. The molecule has 2 atom stereocenters. The lowest BCUT2D eigenvalue weighted by atomic mass is 10.3. The lowest BCUT2D eigenvalue weighted by molar-refractivity contribution is -0.122. The van der Waals surface area contributed by atoms with Crippen LogP contribution in [0.3, 0.4) is 0 Å². The number of nitrogens with one attached hydrogen (secondary N) is 1. The molecule has 1 aliphatic rings. The zero-order valence-electron chi connectivity index (χ0n) is 8.08. The van der Waals surface area contributed by atoms with Crippen molar-refractivity contribution in [3.63, 3.8) is 0 Å². The summed E-state index contributed by atoms with van der Waals surface area (Å²) in [6.45, 7) is 4.11. The van der Waals surface area contributed by atoms with Crippen molar-refractivity contribution in [3.8, 4) is 0 Å². The third kappa shape index (κ3) is 3.74. The van der Waals surface area contributed by atoms with Crippen molar-refractivity contribution in [1.82, 2.24) is 5.32 Å². The van der Waals surface area contributed by atoms with E-state index in [1.165, 1.54) is 0 Å². The summed E-state index contributed by atoms with van der Waals surface area (Å²) in [6.07, 6.45) is 1.72. The predicted octanol–water partition coefficient (Wildman–Crippen LogP) is -0.124. The van der Waals surface area contributed by atoms with E-state index in [2.05, 4.69) is 5.32 Å².